The molecule has 0 spiro atoms. The highest BCUT2D eigenvalue weighted by molar-refractivity contribution is 5.78. The number of rotatable bonds is 4. The minimum Gasteiger partial charge on any atom is -0.341 e. The highest BCUT2D eigenvalue weighted by Crippen LogP contribution is 2.30. The summed E-state index contributed by atoms with van der Waals surface area (Å²) in [4.78, 5) is 33.6. The van der Waals surface area contributed by atoms with E-state index in [0.717, 1.165) is 56.8 Å². The molecule has 1 aromatic carbocycles. The number of fused-ring (bicyclic) bond motifs is 1. The van der Waals surface area contributed by atoms with Gasteiger partial charge < -0.3 is 4.90 Å². The molecule has 25 heavy (non-hydrogen) atoms. The van der Waals surface area contributed by atoms with Gasteiger partial charge in [-0.15, -0.1) is 0 Å². The fourth-order valence-electron chi connectivity index (χ4n) is 4.11. The molecule has 2 aliphatic rings. The van der Waals surface area contributed by atoms with E-state index in [1.807, 2.05) is 36.2 Å². The summed E-state index contributed by atoms with van der Waals surface area (Å²) in [6.07, 6.45) is 3.76. The third-order valence-electron chi connectivity index (χ3n) is 5.51. The van der Waals surface area contributed by atoms with Crippen molar-refractivity contribution in [3.63, 3.8) is 0 Å². The maximum atomic E-state index is 12.7. The predicted molar refractivity (Wildman–Crippen MR) is 96.3 cm³/mol. The molecule has 6 nitrogen and oxygen atoms in total. The lowest BCUT2D eigenvalue weighted by Crippen LogP contribution is -2.37. The van der Waals surface area contributed by atoms with Crippen molar-refractivity contribution < 1.29 is 4.79 Å². The van der Waals surface area contributed by atoms with Crippen molar-refractivity contribution in [2.45, 2.75) is 31.7 Å². The lowest BCUT2D eigenvalue weighted by Gasteiger charge is -2.27. The van der Waals surface area contributed by atoms with E-state index in [-0.39, 0.29) is 17.5 Å². The van der Waals surface area contributed by atoms with E-state index in [9.17, 15) is 9.59 Å². The second-order valence-corrected chi connectivity index (χ2v) is 7.03. The molecule has 0 saturated carbocycles. The summed E-state index contributed by atoms with van der Waals surface area (Å²) in [5.74, 6) is 1.11. The average molecular weight is 340 g/mol. The molecular weight excluding hydrogens is 316 g/mol. The zero-order chi connectivity index (χ0) is 17.4. The van der Waals surface area contributed by atoms with Crippen LogP contribution in [0.15, 0.2) is 29.1 Å². The number of para-hydroxylation sites is 1. The molecule has 1 unspecified atom stereocenters. The Morgan fingerprint density at radius 2 is 1.96 bits per heavy atom. The fourth-order valence-corrected chi connectivity index (χ4v) is 4.11. The van der Waals surface area contributed by atoms with Crippen molar-refractivity contribution in [3.05, 3.63) is 40.4 Å². The summed E-state index contributed by atoms with van der Waals surface area (Å²) >= 11 is 0. The van der Waals surface area contributed by atoms with Gasteiger partial charge in [-0.3, -0.25) is 19.1 Å². The first-order valence-electron chi connectivity index (χ1n) is 9.12. The summed E-state index contributed by atoms with van der Waals surface area (Å²) in [6.45, 7) is 3.50. The average Bonchev–Trinajstić information content (AvgIpc) is 3.25. The van der Waals surface area contributed by atoms with E-state index in [4.69, 9.17) is 4.98 Å². The van der Waals surface area contributed by atoms with Crippen LogP contribution in [0.25, 0.3) is 10.9 Å². The Morgan fingerprint density at radius 3 is 2.76 bits per heavy atom. The zero-order valence-electron chi connectivity index (χ0n) is 14.6. The molecule has 3 heterocycles. The summed E-state index contributed by atoms with van der Waals surface area (Å²) < 4.78 is 1.70. The standard InChI is InChI=1S/C19H24N4O2/c1-21-18(20-15-7-3-2-6-14(15)19(21)25)16-8-4-10-22(16)12-13-23-11-5-9-17(23)24/h2-3,6-7,16H,4-5,8-13H2,1H3. The van der Waals surface area contributed by atoms with Gasteiger partial charge in [0.15, 0.2) is 0 Å². The summed E-state index contributed by atoms with van der Waals surface area (Å²) in [5, 5.41) is 0.668. The molecule has 1 atom stereocenters. The van der Waals surface area contributed by atoms with E-state index in [1.165, 1.54) is 0 Å². The molecule has 2 fully saturated rings. The molecule has 4 rings (SSSR count). The van der Waals surface area contributed by atoms with Crippen molar-refractivity contribution in [3.8, 4) is 0 Å². The molecule has 2 aromatic rings. The van der Waals surface area contributed by atoms with Crippen LogP contribution < -0.4 is 5.56 Å². The monoisotopic (exact) mass is 340 g/mol. The van der Waals surface area contributed by atoms with Gasteiger partial charge in [0.2, 0.25) is 5.91 Å². The van der Waals surface area contributed by atoms with E-state index in [2.05, 4.69) is 4.90 Å². The van der Waals surface area contributed by atoms with Crippen LogP contribution >= 0.6 is 0 Å². The van der Waals surface area contributed by atoms with Crippen LogP contribution in [0.1, 0.15) is 37.5 Å². The van der Waals surface area contributed by atoms with E-state index in [1.54, 1.807) is 4.57 Å². The van der Waals surface area contributed by atoms with Crippen molar-refractivity contribution in [1.82, 2.24) is 19.4 Å². The third-order valence-corrected chi connectivity index (χ3v) is 5.51. The Hall–Kier alpha value is -2.21. The van der Waals surface area contributed by atoms with Crippen LogP contribution in [0.2, 0.25) is 0 Å². The highest BCUT2D eigenvalue weighted by atomic mass is 16.2. The SMILES string of the molecule is Cn1c(C2CCCN2CCN2CCCC2=O)nc2ccccc2c1=O. The zero-order valence-corrected chi connectivity index (χ0v) is 14.6. The largest absolute Gasteiger partial charge is 0.341 e. The first-order valence-corrected chi connectivity index (χ1v) is 9.12. The van der Waals surface area contributed by atoms with E-state index < -0.39 is 0 Å². The molecular formula is C19H24N4O2. The minimum atomic E-state index is 0.0159. The molecule has 2 saturated heterocycles. The molecule has 0 N–H and O–H groups in total. The number of benzene rings is 1. The minimum absolute atomic E-state index is 0.0159. The number of hydrogen-bond acceptors (Lipinski definition) is 4. The van der Waals surface area contributed by atoms with Crippen LogP contribution in [0, 0.1) is 0 Å². The maximum absolute atomic E-state index is 12.7. The summed E-state index contributed by atoms with van der Waals surface area (Å²) in [5.41, 5.74) is 0.782. The van der Waals surface area contributed by atoms with Gasteiger partial charge in [-0.05, 0) is 37.9 Å². The summed E-state index contributed by atoms with van der Waals surface area (Å²) in [7, 11) is 1.82. The van der Waals surface area contributed by atoms with Crippen molar-refractivity contribution >= 4 is 16.8 Å². The molecule has 6 heteroatoms. The Kier molecular flexibility index (Phi) is 4.29. The Labute approximate surface area is 147 Å². The topological polar surface area (TPSA) is 58.4 Å². The molecule has 0 bridgehead atoms. The van der Waals surface area contributed by atoms with E-state index >= 15 is 0 Å². The molecule has 132 valence electrons. The van der Waals surface area contributed by atoms with Gasteiger partial charge in [0.1, 0.15) is 5.82 Å². The van der Waals surface area contributed by atoms with Crippen LogP contribution in [0.4, 0.5) is 0 Å². The van der Waals surface area contributed by atoms with Crippen LogP contribution in [-0.4, -0.2) is 51.4 Å². The van der Waals surface area contributed by atoms with Gasteiger partial charge in [0, 0.05) is 33.1 Å². The fraction of sp³-hybridized carbons (Fsp3) is 0.526. The number of nitrogens with zero attached hydrogens (tertiary/aromatic N) is 4. The van der Waals surface area contributed by atoms with E-state index in [0.29, 0.717) is 11.8 Å². The quantitative estimate of drug-likeness (QED) is 0.850. The normalized spacial score (nSPS) is 21.6. The maximum Gasteiger partial charge on any atom is 0.261 e. The number of carbonyl (C=O) groups excluding carboxylic acids is 1. The second kappa shape index (κ2) is 6.59. The number of likely N-dealkylation sites (tertiary alicyclic amines) is 2. The smallest absolute Gasteiger partial charge is 0.261 e. The molecule has 1 amide bonds. The Balaban J connectivity index is 1.59. The Bertz CT molecular complexity index is 860. The van der Waals surface area contributed by atoms with Gasteiger partial charge >= 0.3 is 0 Å². The first kappa shape index (κ1) is 16.3. The lowest BCUT2D eigenvalue weighted by molar-refractivity contribution is -0.127. The molecule has 0 aliphatic carbocycles. The number of amides is 1. The molecule has 2 aliphatic heterocycles. The van der Waals surface area contributed by atoms with Crippen molar-refractivity contribution in [1.29, 1.82) is 0 Å². The highest BCUT2D eigenvalue weighted by Gasteiger charge is 2.30. The Morgan fingerprint density at radius 1 is 1.12 bits per heavy atom. The first-order chi connectivity index (χ1) is 12.1. The molecule has 1 aromatic heterocycles. The second-order valence-electron chi connectivity index (χ2n) is 7.03. The van der Waals surface area contributed by atoms with Gasteiger partial charge in [-0.2, -0.15) is 0 Å². The van der Waals surface area contributed by atoms with Gasteiger partial charge in [-0.25, -0.2) is 4.98 Å². The van der Waals surface area contributed by atoms with Crippen molar-refractivity contribution in [2.75, 3.05) is 26.2 Å². The van der Waals surface area contributed by atoms with Gasteiger partial charge in [0.25, 0.3) is 5.56 Å². The number of aromatic nitrogens is 2. The third kappa shape index (κ3) is 2.95. The summed E-state index contributed by atoms with van der Waals surface area (Å²) in [6, 6.07) is 7.69. The van der Waals surface area contributed by atoms with Crippen LogP contribution in [-0.2, 0) is 11.8 Å². The number of hydrogen-bond donors (Lipinski definition) is 0. The van der Waals surface area contributed by atoms with Crippen LogP contribution in [0.5, 0.6) is 0 Å². The van der Waals surface area contributed by atoms with Gasteiger partial charge in [-0.1, -0.05) is 12.1 Å². The van der Waals surface area contributed by atoms with Crippen molar-refractivity contribution in [2.24, 2.45) is 7.05 Å². The molecule has 0 radical (unpaired) electrons. The number of carbonyl (C=O) groups is 1. The van der Waals surface area contributed by atoms with Crippen LogP contribution in [0.3, 0.4) is 0 Å². The predicted octanol–water partition coefficient (Wildman–Crippen LogP) is 1.69. The van der Waals surface area contributed by atoms with Gasteiger partial charge in [0.05, 0.1) is 16.9 Å². The lowest BCUT2D eigenvalue weighted by atomic mass is 10.1.